The van der Waals surface area contributed by atoms with Crippen LogP contribution in [-0.2, 0) is 28.9 Å². The van der Waals surface area contributed by atoms with Gasteiger partial charge in [0.05, 0.1) is 0 Å². The molecule has 1 N–H and O–H groups in total. The van der Waals surface area contributed by atoms with Crippen molar-refractivity contribution in [2.75, 3.05) is 32.8 Å². The molecular weight excluding hydrogens is 342 g/mol. The molecular formula is C20H33N5O2. The van der Waals surface area contributed by atoms with Crippen molar-refractivity contribution < 1.29 is 9.53 Å². The maximum absolute atomic E-state index is 12.1. The largest absolute Gasteiger partial charge is 0.368 e. The van der Waals surface area contributed by atoms with Crippen LogP contribution in [0.5, 0.6) is 0 Å². The van der Waals surface area contributed by atoms with Gasteiger partial charge in [0.25, 0.3) is 0 Å². The van der Waals surface area contributed by atoms with Crippen molar-refractivity contribution in [2.45, 2.75) is 70.4 Å². The minimum atomic E-state index is -0.256. The van der Waals surface area contributed by atoms with Gasteiger partial charge in [-0.3, -0.25) is 4.79 Å². The molecule has 0 spiro atoms. The lowest BCUT2D eigenvalue weighted by molar-refractivity contribution is -0.130. The van der Waals surface area contributed by atoms with E-state index < -0.39 is 0 Å². The van der Waals surface area contributed by atoms with Crippen LogP contribution in [0.4, 0.5) is 0 Å². The van der Waals surface area contributed by atoms with Crippen LogP contribution in [0.2, 0.25) is 0 Å². The Hall–Kier alpha value is -1.47. The second kappa shape index (κ2) is 9.15. The number of hydrogen-bond acceptors (Lipinski definition) is 5. The maximum atomic E-state index is 12.1. The van der Waals surface area contributed by atoms with E-state index in [9.17, 15) is 4.79 Å². The lowest BCUT2D eigenvalue weighted by Crippen LogP contribution is -2.35. The molecule has 0 aromatic carbocycles. The molecule has 1 aromatic rings. The first kappa shape index (κ1) is 18.9. The highest BCUT2D eigenvalue weighted by atomic mass is 16.5. The standard InChI is InChI=1S/C20H33N5O2/c26-20(17-7-4-14-27-17)21-10-8-18-22-23-19-9-11-24(12-13-25(18)19)15-16-5-2-1-3-6-16/h16-17H,1-15H2,(H,21,26). The van der Waals surface area contributed by atoms with Crippen LogP contribution in [0.15, 0.2) is 0 Å². The van der Waals surface area contributed by atoms with Crippen LogP contribution < -0.4 is 5.32 Å². The van der Waals surface area contributed by atoms with Gasteiger partial charge in [-0.25, -0.2) is 0 Å². The van der Waals surface area contributed by atoms with Crippen molar-refractivity contribution in [2.24, 2.45) is 5.92 Å². The summed E-state index contributed by atoms with van der Waals surface area (Å²) >= 11 is 0. The van der Waals surface area contributed by atoms with Crippen molar-refractivity contribution in [3.63, 3.8) is 0 Å². The Labute approximate surface area is 161 Å². The van der Waals surface area contributed by atoms with Gasteiger partial charge in [-0.15, -0.1) is 10.2 Å². The lowest BCUT2D eigenvalue weighted by Gasteiger charge is -2.28. The van der Waals surface area contributed by atoms with Crippen molar-refractivity contribution in [1.29, 1.82) is 0 Å². The fourth-order valence-corrected chi connectivity index (χ4v) is 4.72. The summed E-state index contributed by atoms with van der Waals surface area (Å²) in [6, 6.07) is 0. The van der Waals surface area contributed by atoms with Crippen molar-refractivity contribution in [3.05, 3.63) is 11.6 Å². The molecule has 1 aromatic heterocycles. The molecule has 7 nitrogen and oxygen atoms in total. The Morgan fingerprint density at radius 3 is 2.78 bits per heavy atom. The molecule has 1 saturated heterocycles. The zero-order chi connectivity index (χ0) is 18.5. The molecule has 7 heteroatoms. The summed E-state index contributed by atoms with van der Waals surface area (Å²) < 4.78 is 7.71. The van der Waals surface area contributed by atoms with Gasteiger partial charge in [-0.1, -0.05) is 19.3 Å². The zero-order valence-corrected chi connectivity index (χ0v) is 16.4. The Morgan fingerprint density at radius 1 is 1.07 bits per heavy atom. The molecule has 2 fully saturated rings. The van der Waals surface area contributed by atoms with Gasteiger partial charge < -0.3 is 19.5 Å². The summed E-state index contributed by atoms with van der Waals surface area (Å²) in [6.07, 6.45) is 10.3. The SMILES string of the molecule is O=C(NCCc1nnc2n1CCN(CC1CCCCC1)CC2)C1CCCO1. The van der Waals surface area contributed by atoms with E-state index >= 15 is 0 Å². The van der Waals surface area contributed by atoms with E-state index in [1.165, 1.54) is 38.6 Å². The van der Waals surface area contributed by atoms with Gasteiger partial charge in [-0.2, -0.15) is 0 Å². The monoisotopic (exact) mass is 375 g/mol. The van der Waals surface area contributed by atoms with Crippen molar-refractivity contribution in [1.82, 2.24) is 25.0 Å². The Balaban J connectivity index is 1.25. The molecule has 4 rings (SSSR count). The van der Waals surface area contributed by atoms with E-state index in [4.69, 9.17) is 4.74 Å². The molecule has 2 aliphatic heterocycles. The minimum absolute atomic E-state index is 0.0155. The first-order valence-corrected chi connectivity index (χ1v) is 10.8. The normalized spacial score (nSPS) is 24.5. The summed E-state index contributed by atoms with van der Waals surface area (Å²) in [5.41, 5.74) is 0. The second-order valence-corrected chi connectivity index (χ2v) is 8.28. The van der Waals surface area contributed by atoms with Crippen LogP contribution >= 0.6 is 0 Å². The van der Waals surface area contributed by atoms with Crippen LogP contribution in [0.25, 0.3) is 0 Å². The fourth-order valence-electron chi connectivity index (χ4n) is 4.72. The first-order valence-electron chi connectivity index (χ1n) is 10.8. The average molecular weight is 376 g/mol. The third-order valence-electron chi connectivity index (χ3n) is 6.31. The Morgan fingerprint density at radius 2 is 1.96 bits per heavy atom. The molecule has 27 heavy (non-hydrogen) atoms. The summed E-state index contributed by atoms with van der Waals surface area (Å²) in [6.45, 7) is 5.67. The smallest absolute Gasteiger partial charge is 0.249 e. The van der Waals surface area contributed by atoms with Crippen LogP contribution in [0.3, 0.4) is 0 Å². The second-order valence-electron chi connectivity index (χ2n) is 8.28. The quantitative estimate of drug-likeness (QED) is 0.817. The zero-order valence-electron chi connectivity index (χ0n) is 16.4. The number of nitrogens with zero attached hydrogens (tertiary/aromatic N) is 4. The average Bonchev–Trinajstić information content (AvgIpc) is 3.31. The topological polar surface area (TPSA) is 72.3 Å². The first-order chi connectivity index (χ1) is 13.3. The third-order valence-corrected chi connectivity index (χ3v) is 6.31. The van der Waals surface area contributed by atoms with Gasteiger partial charge in [0.1, 0.15) is 17.8 Å². The number of hydrogen-bond donors (Lipinski definition) is 1. The molecule has 1 unspecified atom stereocenters. The Kier molecular flexibility index (Phi) is 6.39. The van der Waals surface area contributed by atoms with Crippen LogP contribution in [0, 0.1) is 5.92 Å². The van der Waals surface area contributed by atoms with Crippen LogP contribution in [0.1, 0.15) is 56.6 Å². The summed E-state index contributed by atoms with van der Waals surface area (Å²) in [5, 5.41) is 11.8. The van der Waals surface area contributed by atoms with Gasteiger partial charge >= 0.3 is 0 Å². The summed E-state index contributed by atoms with van der Waals surface area (Å²) in [4.78, 5) is 14.7. The number of fused-ring (bicyclic) bond motifs is 1. The van der Waals surface area contributed by atoms with Gasteiger partial charge in [0.15, 0.2) is 0 Å². The summed E-state index contributed by atoms with van der Waals surface area (Å²) in [7, 11) is 0. The van der Waals surface area contributed by atoms with E-state index in [1.54, 1.807) is 0 Å². The highest BCUT2D eigenvalue weighted by molar-refractivity contribution is 5.80. The van der Waals surface area contributed by atoms with E-state index in [0.717, 1.165) is 62.9 Å². The third kappa shape index (κ3) is 4.88. The molecule has 1 amide bonds. The highest BCUT2D eigenvalue weighted by Gasteiger charge is 2.24. The number of carbonyl (C=O) groups is 1. The lowest BCUT2D eigenvalue weighted by atomic mass is 9.89. The van der Waals surface area contributed by atoms with E-state index in [2.05, 4.69) is 25.0 Å². The van der Waals surface area contributed by atoms with Gasteiger partial charge in [0, 0.05) is 52.2 Å². The van der Waals surface area contributed by atoms with Crippen molar-refractivity contribution in [3.8, 4) is 0 Å². The number of amides is 1. The minimum Gasteiger partial charge on any atom is -0.368 e. The Bertz CT molecular complexity index is 620. The summed E-state index contributed by atoms with van der Waals surface area (Å²) in [5.74, 6) is 3.00. The van der Waals surface area contributed by atoms with E-state index in [-0.39, 0.29) is 12.0 Å². The maximum Gasteiger partial charge on any atom is 0.249 e. The van der Waals surface area contributed by atoms with E-state index in [1.807, 2.05) is 0 Å². The predicted octanol–water partition coefficient (Wildman–Crippen LogP) is 1.55. The molecule has 0 bridgehead atoms. The van der Waals surface area contributed by atoms with E-state index in [0.29, 0.717) is 13.2 Å². The highest BCUT2D eigenvalue weighted by Crippen LogP contribution is 2.25. The molecule has 1 aliphatic carbocycles. The van der Waals surface area contributed by atoms with Crippen molar-refractivity contribution >= 4 is 5.91 Å². The molecule has 3 aliphatic rings. The number of nitrogens with one attached hydrogen (secondary N) is 1. The number of carbonyl (C=O) groups excluding carboxylic acids is 1. The molecule has 1 saturated carbocycles. The molecule has 1 atom stereocenters. The predicted molar refractivity (Wildman–Crippen MR) is 102 cm³/mol. The fraction of sp³-hybridized carbons (Fsp3) is 0.850. The number of ether oxygens (including phenoxy) is 1. The van der Waals surface area contributed by atoms with Gasteiger partial charge in [-0.05, 0) is 31.6 Å². The number of rotatable bonds is 6. The molecule has 0 radical (unpaired) electrons. The molecule has 150 valence electrons. The number of aromatic nitrogens is 3. The van der Waals surface area contributed by atoms with Gasteiger partial charge in [0.2, 0.25) is 5.91 Å². The molecule has 3 heterocycles. The van der Waals surface area contributed by atoms with Crippen LogP contribution in [-0.4, -0.2) is 64.5 Å².